The summed E-state index contributed by atoms with van der Waals surface area (Å²) in [7, 11) is 6.44. The second-order valence-corrected chi connectivity index (χ2v) is 7.52. The standard InChI is InChI=1S/C26H33NO6/c1-7-11-27-19-13-17(14-22(28-3)25(19)32-12-8-2)20-9-10-21(33-20)18-15-23(29-4)26(31-6)24(16-18)30-5/h7-8,13-16,20-21,27H,1-2,9-12H2,3-6H3/t20-,21-/m0/s1. The molecule has 3 rings (SSSR count). The van der Waals surface area contributed by atoms with Crippen molar-refractivity contribution in [3.8, 4) is 28.7 Å². The predicted octanol–water partition coefficient (Wildman–Crippen LogP) is 5.48. The van der Waals surface area contributed by atoms with E-state index < -0.39 is 0 Å². The van der Waals surface area contributed by atoms with Crippen molar-refractivity contribution in [2.45, 2.75) is 25.0 Å². The second kappa shape index (κ2) is 11.5. The maximum Gasteiger partial charge on any atom is 0.203 e. The third-order valence-corrected chi connectivity index (χ3v) is 5.53. The first-order valence-corrected chi connectivity index (χ1v) is 10.9. The number of hydrogen-bond acceptors (Lipinski definition) is 7. The average molecular weight is 456 g/mol. The van der Waals surface area contributed by atoms with Gasteiger partial charge in [-0.1, -0.05) is 18.7 Å². The number of anilines is 1. The Kier molecular flexibility index (Phi) is 8.49. The first-order chi connectivity index (χ1) is 16.1. The molecule has 0 bridgehead atoms. The molecule has 178 valence electrons. The van der Waals surface area contributed by atoms with Crippen LogP contribution in [-0.4, -0.2) is 41.6 Å². The van der Waals surface area contributed by atoms with Gasteiger partial charge in [0.25, 0.3) is 0 Å². The lowest BCUT2D eigenvalue weighted by Gasteiger charge is -2.21. The zero-order valence-electron chi connectivity index (χ0n) is 19.8. The van der Waals surface area contributed by atoms with Gasteiger partial charge in [0.15, 0.2) is 23.0 Å². The van der Waals surface area contributed by atoms with Gasteiger partial charge < -0.3 is 33.7 Å². The van der Waals surface area contributed by atoms with Gasteiger partial charge in [0, 0.05) is 6.54 Å². The molecule has 0 aliphatic carbocycles. The van der Waals surface area contributed by atoms with E-state index in [4.69, 9.17) is 28.4 Å². The van der Waals surface area contributed by atoms with E-state index >= 15 is 0 Å². The summed E-state index contributed by atoms with van der Waals surface area (Å²) >= 11 is 0. The van der Waals surface area contributed by atoms with Gasteiger partial charge in [0.1, 0.15) is 6.61 Å². The first kappa shape index (κ1) is 24.3. The summed E-state index contributed by atoms with van der Waals surface area (Å²) < 4.78 is 34.4. The molecule has 1 N–H and O–H groups in total. The molecule has 2 aromatic rings. The van der Waals surface area contributed by atoms with Crippen LogP contribution >= 0.6 is 0 Å². The summed E-state index contributed by atoms with van der Waals surface area (Å²) in [6, 6.07) is 7.91. The van der Waals surface area contributed by atoms with E-state index in [9.17, 15) is 0 Å². The smallest absolute Gasteiger partial charge is 0.203 e. The van der Waals surface area contributed by atoms with Crippen molar-refractivity contribution in [2.24, 2.45) is 0 Å². The predicted molar refractivity (Wildman–Crippen MR) is 129 cm³/mol. The van der Waals surface area contributed by atoms with Crippen molar-refractivity contribution < 1.29 is 28.4 Å². The third-order valence-electron chi connectivity index (χ3n) is 5.53. The minimum atomic E-state index is -0.101. The third kappa shape index (κ3) is 5.37. The van der Waals surface area contributed by atoms with Crippen molar-refractivity contribution in [3.05, 3.63) is 60.7 Å². The van der Waals surface area contributed by atoms with Gasteiger partial charge in [-0.2, -0.15) is 0 Å². The molecule has 1 saturated heterocycles. The zero-order chi connectivity index (χ0) is 23.8. The molecular weight excluding hydrogens is 422 g/mol. The largest absolute Gasteiger partial charge is 0.493 e. The summed E-state index contributed by atoms with van der Waals surface area (Å²) in [5.41, 5.74) is 2.82. The Labute approximate surface area is 195 Å². The summed E-state index contributed by atoms with van der Waals surface area (Å²) in [5.74, 6) is 3.07. The lowest BCUT2D eigenvalue weighted by molar-refractivity contribution is 0.0437. The van der Waals surface area contributed by atoms with E-state index in [1.165, 1.54) is 0 Å². The van der Waals surface area contributed by atoms with Crippen LogP contribution in [0.2, 0.25) is 0 Å². The number of rotatable bonds is 12. The summed E-state index contributed by atoms with van der Waals surface area (Å²) in [4.78, 5) is 0. The van der Waals surface area contributed by atoms with E-state index in [0.29, 0.717) is 41.9 Å². The fraction of sp³-hybridized carbons (Fsp3) is 0.385. The highest BCUT2D eigenvalue weighted by molar-refractivity contribution is 5.66. The van der Waals surface area contributed by atoms with Gasteiger partial charge in [0.05, 0.1) is 46.3 Å². The van der Waals surface area contributed by atoms with E-state index in [0.717, 1.165) is 29.7 Å². The monoisotopic (exact) mass is 455 g/mol. The first-order valence-electron chi connectivity index (χ1n) is 10.9. The fourth-order valence-electron chi connectivity index (χ4n) is 3.98. The molecule has 1 heterocycles. The molecule has 33 heavy (non-hydrogen) atoms. The Balaban J connectivity index is 1.90. The molecule has 0 aromatic heterocycles. The molecule has 2 atom stereocenters. The summed E-state index contributed by atoms with van der Waals surface area (Å²) in [5, 5.41) is 3.34. The van der Waals surface area contributed by atoms with E-state index in [1.54, 1.807) is 40.6 Å². The Morgan fingerprint density at radius 2 is 1.36 bits per heavy atom. The Hall–Kier alpha value is -3.32. The lowest BCUT2D eigenvalue weighted by atomic mass is 10.0. The minimum absolute atomic E-state index is 0.0965. The van der Waals surface area contributed by atoms with E-state index in [2.05, 4.69) is 18.5 Å². The van der Waals surface area contributed by atoms with Crippen LogP contribution in [0.5, 0.6) is 28.7 Å². The van der Waals surface area contributed by atoms with Gasteiger partial charge in [-0.25, -0.2) is 0 Å². The Bertz CT molecular complexity index is 948. The maximum absolute atomic E-state index is 6.47. The number of nitrogens with one attached hydrogen (secondary N) is 1. The fourth-order valence-corrected chi connectivity index (χ4v) is 3.98. The van der Waals surface area contributed by atoms with E-state index in [1.807, 2.05) is 24.3 Å². The number of benzene rings is 2. The van der Waals surface area contributed by atoms with Crippen molar-refractivity contribution in [1.82, 2.24) is 0 Å². The van der Waals surface area contributed by atoms with Crippen LogP contribution in [0, 0.1) is 0 Å². The quantitative estimate of drug-likeness (QED) is 0.425. The van der Waals surface area contributed by atoms with Crippen LogP contribution in [-0.2, 0) is 4.74 Å². The van der Waals surface area contributed by atoms with Crippen molar-refractivity contribution in [1.29, 1.82) is 0 Å². The van der Waals surface area contributed by atoms with Crippen LogP contribution in [0.15, 0.2) is 49.6 Å². The molecule has 0 spiro atoms. The van der Waals surface area contributed by atoms with Crippen molar-refractivity contribution in [3.63, 3.8) is 0 Å². The maximum atomic E-state index is 6.47. The van der Waals surface area contributed by atoms with Gasteiger partial charge in [0.2, 0.25) is 5.75 Å². The van der Waals surface area contributed by atoms with Crippen LogP contribution in [0.4, 0.5) is 5.69 Å². The molecular formula is C26H33NO6. The molecule has 0 unspecified atom stereocenters. The normalized spacial score (nSPS) is 17.2. The minimum Gasteiger partial charge on any atom is -0.493 e. The molecule has 7 nitrogen and oxygen atoms in total. The van der Waals surface area contributed by atoms with Gasteiger partial charge in [-0.3, -0.25) is 0 Å². The molecule has 0 radical (unpaired) electrons. The molecule has 0 saturated carbocycles. The topological polar surface area (TPSA) is 67.4 Å². The molecule has 2 aromatic carbocycles. The van der Waals surface area contributed by atoms with Gasteiger partial charge in [-0.15, -0.1) is 6.58 Å². The highest BCUT2D eigenvalue weighted by Gasteiger charge is 2.31. The van der Waals surface area contributed by atoms with Crippen LogP contribution in [0.3, 0.4) is 0 Å². The summed E-state index contributed by atoms with van der Waals surface area (Å²) in [6.45, 7) is 8.49. The summed E-state index contributed by atoms with van der Waals surface area (Å²) in [6.07, 6.45) is 5.01. The van der Waals surface area contributed by atoms with Gasteiger partial charge in [-0.05, 0) is 48.2 Å². The molecule has 1 aliphatic heterocycles. The molecule has 1 aliphatic rings. The molecule has 1 fully saturated rings. The van der Waals surface area contributed by atoms with Crippen LogP contribution in [0.25, 0.3) is 0 Å². The SMILES string of the molecule is C=CCNc1cc([C@@H]2CC[C@@H](c3cc(OC)c(OC)c(OC)c3)O2)cc(OC)c1OCC=C. The highest BCUT2D eigenvalue weighted by Crippen LogP contribution is 2.48. The Morgan fingerprint density at radius 1 is 0.818 bits per heavy atom. The lowest BCUT2D eigenvalue weighted by Crippen LogP contribution is -2.07. The van der Waals surface area contributed by atoms with E-state index in [-0.39, 0.29) is 12.2 Å². The number of methoxy groups -OCH3 is 4. The zero-order valence-corrected chi connectivity index (χ0v) is 19.8. The highest BCUT2D eigenvalue weighted by atomic mass is 16.5. The van der Waals surface area contributed by atoms with Crippen molar-refractivity contribution >= 4 is 5.69 Å². The van der Waals surface area contributed by atoms with Crippen LogP contribution < -0.4 is 29.0 Å². The van der Waals surface area contributed by atoms with Crippen molar-refractivity contribution in [2.75, 3.05) is 46.9 Å². The second-order valence-electron chi connectivity index (χ2n) is 7.52. The number of ether oxygens (including phenoxy) is 6. The Morgan fingerprint density at radius 3 is 1.85 bits per heavy atom. The van der Waals surface area contributed by atoms with Gasteiger partial charge >= 0.3 is 0 Å². The van der Waals surface area contributed by atoms with Crippen LogP contribution in [0.1, 0.15) is 36.2 Å². The molecule has 7 heteroatoms. The average Bonchev–Trinajstić information content (AvgIpc) is 3.35. The molecule has 0 amide bonds. The number of hydrogen-bond donors (Lipinski definition) is 1.